The van der Waals surface area contributed by atoms with Crippen molar-refractivity contribution >= 4 is 0 Å². The van der Waals surface area contributed by atoms with Crippen LogP contribution in [0.1, 0.15) is 88.2 Å². The highest BCUT2D eigenvalue weighted by molar-refractivity contribution is 5.54. The zero-order valence-corrected chi connectivity index (χ0v) is 21.7. The van der Waals surface area contributed by atoms with E-state index in [9.17, 15) is 0 Å². The summed E-state index contributed by atoms with van der Waals surface area (Å²) < 4.78 is 24.4. The molecular formula is C32H42O4. The lowest BCUT2D eigenvalue weighted by Crippen LogP contribution is -2.50. The fraction of sp³-hybridized carbons (Fsp3) is 0.812. The van der Waals surface area contributed by atoms with E-state index in [1.54, 1.807) is 11.1 Å². The van der Waals surface area contributed by atoms with Crippen molar-refractivity contribution in [2.24, 2.45) is 35.5 Å². The Kier molecular flexibility index (Phi) is 4.60. The van der Waals surface area contributed by atoms with Crippen LogP contribution in [-0.4, -0.2) is 38.6 Å². The molecule has 10 aliphatic rings. The second-order valence-corrected chi connectivity index (χ2v) is 14.8. The summed E-state index contributed by atoms with van der Waals surface area (Å²) in [7, 11) is 0. The highest BCUT2D eigenvalue weighted by Gasteiger charge is 2.55. The number of benzene rings is 1. The van der Waals surface area contributed by atoms with E-state index in [1.807, 2.05) is 0 Å². The van der Waals surface area contributed by atoms with Gasteiger partial charge < -0.3 is 18.9 Å². The standard InChI is InChI=1S/C32H42O4/c1-19-2-21-3-20(1)10-31(9-19,11-21)27-7-28(32-12-22-4-23(13-32)6-24(5-22)14-32)30(36-18-26-16-34-26)8-29(27)35-17-25-15-33-25/h7-8,19-26H,1-6,9-18H2. The lowest BCUT2D eigenvalue weighted by Gasteiger charge is -2.58. The molecular weight excluding hydrogens is 448 g/mol. The highest BCUT2D eigenvalue weighted by Crippen LogP contribution is 2.65. The van der Waals surface area contributed by atoms with Crippen molar-refractivity contribution in [3.05, 3.63) is 23.3 Å². The van der Waals surface area contributed by atoms with Crippen LogP contribution in [0.2, 0.25) is 0 Å². The summed E-state index contributed by atoms with van der Waals surface area (Å²) in [5.41, 5.74) is 3.76. The molecule has 194 valence electrons. The Morgan fingerprint density at radius 2 is 0.889 bits per heavy atom. The Hall–Kier alpha value is -1.26. The van der Waals surface area contributed by atoms with Gasteiger partial charge in [-0.15, -0.1) is 0 Å². The summed E-state index contributed by atoms with van der Waals surface area (Å²) in [6, 6.07) is 5.04. The molecule has 11 rings (SSSR count). The first kappa shape index (κ1) is 21.6. The van der Waals surface area contributed by atoms with Crippen LogP contribution in [0.15, 0.2) is 12.1 Å². The van der Waals surface area contributed by atoms with Crippen molar-refractivity contribution in [1.82, 2.24) is 0 Å². The molecule has 8 saturated carbocycles. The van der Waals surface area contributed by atoms with Crippen molar-refractivity contribution in [1.29, 1.82) is 0 Å². The van der Waals surface area contributed by atoms with Gasteiger partial charge >= 0.3 is 0 Å². The molecule has 10 fully saturated rings. The average molecular weight is 491 g/mol. The molecule has 0 N–H and O–H groups in total. The minimum absolute atomic E-state index is 0.279. The minimum Gasteiger partial charge on any atom is -0.490 e. The van der Waals surface area contributed by atoms with Crippen molar-refractivity contribution in [2.45, 2.75) is 100 Å². The summed E-state index contributed by atoms with van der Waals surface area (Å²) in [6.07, 6.45) is 17.7. The third kappa shape index (κ3) is 3.52. The molecule has 4 heteroatoms. The molecule has 2 unspecified atom stereocenters. The van der Waals surface area contributed by atoms with Gasteiger partial charge in [-0.25, -0.2) is 0 Å². The maximum Gasteiger partial charge on any atom is 0.126 e. The monoisotopic (exact) mass is 490 g/mol. The van der Waals surface area contributed by atoms with Gasteiger partial charge in [0.25, 0.3) is 0 Å². The number of ether oxygens (including phenoxy) is 4. The Morgan fingerprint density at radius 3 is 1.19 bits per heavy atom. The molecule has 2 atom stereocenters. The normalized spacial score (nSPS) is 48.9. The molecule has 2 saturated heterocycles. The Balaban J connectivity index is 1.17. The predicted octanol–water partition coefficient (Wildman–Crippen LogP) is 6.18. The maximum absolute atomic E-state index is 6.65. The van der Waals surface area contributed by atoms with Gasteiger partial charge in [0.15, 0.2) is 0 Å². The van der Waals surface area contributed by atoms with Crippen molar-refractivity contribution in [3.63, 3.8) is 0 Å². The van der Waals surface area contributed by atoms with Crippen LogP contribution in [0, 0.1) is 35.5 Å². The van der Waals surface area contributed by atoms with Crippen LogP contribution < -0.4 is 9.47 Å². The number of hydrogen-bond acceptors (Lipinski definition) is 4. The summed E-state index contributed by atoms with van der Waals surface area (Å²) in [6.45, 7) is 3.06. The van der Waals surface area contributed by atoms with E-state index in [0.29, 0.717) is 24.0 Å². The molecule has 36 heavy (non-hydrogen) atoms. The summed E-state index contributed by atoms with van der Waals surface area (Å²) >= 11 is 0. The smallest absolute Gasteiger partial charge is 0.126 e. The molecule has 0 spiro atoms. The molecule has 2 heterocycles. The van der Waals surface area contributed by atoms with Gasteiger partial charge in [-0.3, -0.25) is 0 Å². The third-order valence-electron chi connectivity index (χ3n) is 12.0. The minimum atomic E-state index is 0.279. The molecule has 8 aliphatic carbocycles. The Labute approximate surface area is 215 Å². The fourth-order valence-corrected chi connectivity index (χ4v) is 11.2. The summed E-state index contributed by atoms with van der Waals surface area (Å²) in [4.78, 5) is 0. The molecule has 2 aliphatic heterocycles. The molecule has 1 aromatic carbocycles. The first-order valence-corrected chi connectivity index (χ1v) is 15.3. The van der Waals surface area contributed by atoms with E-state index in [2.05, 4.69) is 12.1 Å². The van der Waals surface area contributed by atoms with Crippen LogP contribution in [0.3, 0.4) is 0 Å². The number of hydrogen-bond donors (Lipinski definition) is 0. The summed E-state index contributed by atoms with van der Waals surface area (Å²) in [5, 5.41) is 0. The highest BCUT2D eigenvalue weighted by atomic mass is 16.6. The molecule has 0 aromatic heterocycles. The van der Waals surface area contributed by atoms with Gasteiger partial charge in [0.05, 0.1) is 13.2 Å². The van der Waals surface area contributed by atoms with Crippen LogP contribution >= 0.6 is 0 Å². The second kappa shape index (κ2) is 7.65. The van der Waals surface area contributed by atoms with Crippen LogP contribution in [0.4, 0.5) is 0 Å². The van der Waals surface area contributed by atoms with Gasteiger partial charge in [0.2, 0.25) is 0 Å². The van der Waals surface area contributed by atoms with E-state index < -0.39 is 0 Å². The van der Waals surface area contributed by atoms with Gasteiger partial charge in [-0.2, -0.15) is 0 Å². The fourth-order valence-electron chi connectivity index (χ4n) is 11.2. The van der Waals surface area contributed by atoms with Gasteiger partial charge in [0.1, 0.15) is 36.9 Å². The zero-order chi connectivity index (χ0) is 23.5. The topological polar surface area (TPSA) is 43.5 Å². The molecule has 1 aromatic rings. The van der Waals surface area contributed by atoms with E-state index >= 15 is 0 Å². The average Bonchev–Trinajstić information content (AvgIpc) is 3.75. The zero-order valence-electron chi connectivity index (χ0n) is 21.7. The number of rotatable bonds is 8. The SMILES string of the molecule is c1c(OCC2CO2)c(C23CC4CC(CC(C4)C2)C3)cc(C23CC4CC(CC(C4)C2)C3)c1OCC1CO1. The van der Waals surface area contributed by atoms with Gasteiger partial charge in [-0.1, -0.05) is 0 Å². The maximum atomic E-state index is 6.65. The van der Waals surface area contributed by atoms with Gasteiger partial charge in [0, 0.05) is 17.2 Å². The van der Waals surface area contributed by atoms with Crippen LogP contribution in [0.25, 0.3) is 0 Å². The van der Waals surface area contributed by atoms with Crippen LogP contribution in [-0.2, 0) is 20.3 Å². The van der Waals surface area contributed by atoms with E-state index in [-0.39, 0.29) is 12.2 Å². The first-order chi connectivity index (χ1) is 17.6. The number of epoxide rings is 2. The van der Waals surface area contributed by atoms with Crippen LogP contribution in [0.5, 0.6) is 11.5 Å². The third-order valence-corrected chi connectivity index (χ3v) is 12.0. The van der Waals surface area contributed by atoms with E-state index in [4.69, 9.17) is 18.9 Å². The lowest BCUT2D eigenvalue weighted by atomic mass is 9.46. The lowest BCUT2D eigenvalue weighted by molar-refractivity contribution is -0.00999. The van der Waals surface area contributed by atoms with E-state index in [0.717, 1.165) is 60.2 Å². The predicted molar refractivity (Wildman–Crippen MR) is 137 cm³/mol. The van der Waals surface area contributed by atoms with Gasteiger partial charge in [-0.05, 0) is 129 Å². The summed E-state index contributed by atoms with van der Waals surface area (Å²) in [5.74, 6) is 7.83. The molecule has 8 bridgehead atoms. The Morgan fingerprint density at radius 1 is 0.556 bits per heavy atom. The molecule has 4 nitrogen and oxygen atoms in total. The first-order valence-electron chi connectivity index (χ1n) is 15.3. The van der Waals surface area contributed by atoms with Crippen molar-refractivity contribution < 1.29 is 18.9 Å². The van der Waals surface area contributed by atoms with Crippen molar-refractivity contribution in [3.8, 4) is 11.5 Å². The second-order valence-electron chi connectivity index (χ2n) is 14.8. The van der Waals surface area contributed by atoms with Crippen molar-refractivity contribution in [2.75, 3.05) is 26.4 Å². The van der Waals surface area contributed by atoms with E-state index in [1.165, 1.54) is 77.0 Å². The molecule has 0 radical (unpaired) electrons. The Bertz CT molecular complexity index is 903. The largest absolute Gasteiger partial charge is 0.490 e. The molecule has 0 amide bonds. The quantitative estimate of drug-likeness (QED) is 0.408.